The van der Waals surface area contributed by atoms with Crippen molar-refractivity contribution in [1.29, 1.82) is 0 Å². The molecule has 3 aromatic rings. The maximum absolute atomic E-state index is 12.5. The van der Waals surface area contributed by atoms with Crippen molar-refractivity contribution in [2.45, 2.75) is 46.1 Å². The summed E-state index contributed by atoms with van der Waals surface area (Å²) >= 11 is 0. The summed E-state index contributed by atoms with van der Waals surface area (Å²) in [6.07, 6.45) is 9.48. The maximum atomic E-state index is 12.5. The summed E-state index contributed by atoms with van der Waals surface area (Å²) in [5.41, 5.74) is 5.01. The van der Waals surface area contributed by atoms with Crippen LogP contribution < -0.4 is 10.1 Å². The van der Waals surface area contributed by atoms with Gasteiger partial charge in [-0.1, -0.05) is 0 Å². The van der Waals surface area contributed by atoms with Crippen LogP contribution in [0.4, 0.5) is 0 Å². The molecular weight excluding hydrogens is 364 g/mol. The predicted octanol–water partition coefficient (Wildman–Crippen LogP) is 4.83. The maximum Gasteiger partial charge on any atom is 0.244 e. The molecule has 5 nitrogen and oxygen atoms in total. The summed E-state index contributed by atoms with van der Waals surface area (Å²) in [5, 5.41) is 4.07. The van der Waals surface area contributed by atoms with Crippen LogP contribution in [0.5, 0.6) is 5.75 Å². The normalized spacial score (nSPS) is 13.9. The zero-order valence-electron chi connectivity index (χ0n) is 17.0. The Kier molecular flexibility index (Phi) is 5.65. The van der Waals surface area contributed by atoms with Gasteiger partial charge in [0.1, 0.15) is 17.1 Å². The zero-order valence-corrected chi connectivity index (χ0v) is 17.0. The number of fused-ring (bicyclic) bond motifs is 3. The summed E-state index contributed by atoms with van der Waals surface area (Å²) in [7, 11) is 0. The first-order valence-electron chi connectivity index (χ1n) is 10.2. The van der Waals surface area contributed by atoms with Crippen molar-refractivity contribution in [3.05, 3.63) is 65.2 Å². The number of carbonyl (C=O) groups is 1. The van der Waals surface area contributed by atoms with Crippen molar-refractivity contribution in [2.75, 3.05) is 6.61 Å². The molecule has 1 aliphatic carbocycles. The Morgan fingerprint density at radius 2 is 2.03 bits per heavy atom. The van der Waals surface area contributed by atoms with E-state index in [2.05, 4.69) is 16.4 Å². The lowest BCUT2D eigenvalue weighted by molar-refractivity contribution is -0.116. The molecule has 1 aromatic carbocycles. The van der Waals surface area contributed by atoms with Crippen molar-refractivity contribution in [2.24, 2.45) is 0 Å². The standard InChI is InChI=1S/C24H26N2O3/c1-3-28-22-14-23-20(18-6-4-5-7-21(18)29-23)13-19(22)16(2)12-24(27)26-15-17-8-10-25-11-9-17/h8-14H,3-7,15H2,1-2H3,(H,26,27)/b16-12+. The van der Waals surface area contributed by atoms with Crippen LogP contribution in [0.15, 0.2) is 47.2 Å². The molecule has 0 saturated carbocycles. The number of nitrogens with one attached hydrogen (secondary N) is 1. The second-order valence-electron chi connectivity index (χ2n) is 7.39. The average Bonchev–Trinajstić information content (AvgIpc) is 3.10. The number of hydrogen-bond acceptors (Lipinski definition) is 4. The number of allylic oxidation sites excluding steroid dienone is 1. The first-order valence-corrected chi connectivity index (χ1v) is 10.2. The molecule has 0 unspecified atom stereocenters. The fraction of sp³-hybridized carbons (Fsp3) is 0.333. The number of hydrogen-bond donors (Lipinski definition) is 1. The van der Waals surface area contributed by atoms with Crippen molar-refractivity contribution < 1.29 is 13.9 Å². The highest BCUT2D eigenvalue weighted by molar-refractivity contribution is 5.97. The number of rotatable bonds is 6. The first-order chi connectivity index (χ1) is 14.2. The number of carbonyl (C=O) groups excluding carboxylic acids is 1. The van der Waals surface area contributed by atoms with E-state index in [1.54, 1.807) is 18.5 Å². The molecular formula is C24H26N2O3. The zero-order chi connectivity index (χ0) is 20.2. The summed E-state index contributed by atoms with van der Waals surface area (Å²) < 4.78 is 12.0. The minimum atomic E-state index is -0.129. The van der Waals surface area contributed by atoms with Crippen molar-refractivity contribution in [3.63, 3.8) is 0 Å². The molecule has 0 radical (unpaired) electrons. The highest BCUT2D eigenvalue weighted by atomic mass is 16.5. The van der Waals surface area contributed by atoms with E-state index in [0.717, 1.165) is 52.0 Å². The van der Waals surface area contributed by atoms with Crippen molar-refractivity contribution in [1.82, 2.24) is 10.3 Å². The molecule has 2 aromatic heterocycles. The van der Waals surface area contributed by atoms with Crippen LogP contribution >= 0.6 is 0 Å². The summed E-state index contributed by atoms with van der Waals surface area (Å²) in [6, 6.07) is 7.87. The van der Waals surface area contributed by atoms with Gasteiger partial charge in [0.2, 0.25) is 5.91 Å². The molecule has 0 bridgehead atoms. The van der Waals surface area contributed by atoms with E-state index in [-0.39, 0.29) is 5.91 Å². The number of ether oxygens (including phenoxy) is 1. The van der Waals surface area contributed by atoms with Crippen LogP contribution in [0.3, 0.4) is 0 Å². The molecule has 0 saturated heterocycles. The topological polar surface area (TPSA) is 64.4 Å². The van der Waals surface area contributed by atoms with Crippen molar-refractivity contribution in [3.8, 4) is 5.75 Å². The van der Waals surface area contributed by atoms with Gasteiger partial charge in [0.05, 0.1) is 6.61 Å². The third-order valence-electron chi connectivity index (χ3n) is 5.35. The second kappa shape index (κ2) is 8.52. The van der Waals surface area contributed by atoms with Crippen LogP contribution in [-0.4, -0.2) is 17.5 Å². The molecule has 0 spiro atoms. The molecule has 0 atom stereocenters. The number of aryl methyl sites for hydroxylation is 2. The summed E-state index contributed by atoms with van der Waals surface area (Å²) in [6.45, 7) is 4.93. The Balaban J connectivity index is 1.62. The van der Waals surface area contributed by atoms with Gasteiger partial charge in [0.25, 0.3) is 0 Å². The van der Waals surface area contributed by atoms with Gasteiger partial charge in [-0.3, -0.25) is 9.78 Å². The van der Waals surface area contributed by atoms with Gasteiger partial charge in [-0.2, -0.15) is 0 Å². The fourth-order valence-corrected chi connectivity index (χ4v) is 3.89. The average molecular weight is 390 g/mol. The number of amides is 1. The van der Waals surface area contributed by atoms with E-state index < -0.39 is 0 Å². The summed E-state index contributed by atoms with van der Waals surface area (Å²) in [4.78, 5) is 16.4. The summed E-state index contributed by atoms with van der Waals surface area (Å²) in [5.74, 6) is 1.72. The fourth-order valence-electron chi connectivity index (χ4n) is 3.89. The monoisotopic (exact) mass is 390 g/mol. The van der Waals surface area contributed by atoms with Crippen LogP contribution in [-0.2, 0) is 24.2 Å². The van der Waals surface area contributed by atoms with Gasteiger partial charge in [0.15, 0.2) is 0 Å². The largest absolute Gasteiger partial charge is 0.493 e. The Labute approximate surface area is 170 Å². The molecule has 5 heteroatoms. The van der Waals surface area contributed by atoms with E-state index in [9.17, 15) is 4.79 Å². The molecule has 150 valence electrons. The van der Waals surface area contributed by atoms with E-state index >= 15 is 0 Å². The number of benzene rings is 1. The van der Waals surface area contributed by atoms with Gasteiger partial charge in [-0.25, -0.2) is 0 Å². The number of furan rings is 1. The minimum absolute atomic E-state index is 0.129. The number of nitrogens with zero attached hydrogens (tertiary/aromatic N) is 1. The van der Waals surface area contributed by atoms with Crippen LogP contribution in [0, 0.1) is 0 Å². The minimum Gasteiger partial charge on any atom is -0.493 e. The lowest BCUT2D eigenvalue weighted by atomic mass is 9.94. The Bertz CT molecular complexity index is 1050. The van der Waals surface area contributed by atoms with Crippen molar-refractivity contribution >= 4 is 22.4 Å². The van der Waals surface area contributed by atoms with Gasteiger partial charge >= 0.3 is 0 Å². The second-order valence-corrected chi connectivity index (χ2v) is 7.39. The van der Waals surface area contributed by atoms with E-state index in [0.29, 0.717) is 13.2 Å². The number of aromatic nitrogens is 1. The molecule has 0 fully saturated rings. The molecule has 1 amide bonds. The highest BCUT2D eigenvalue weighted by Crippen LogP contribution is 2.38. The quantitative estimate of drug-likeness (QED) is 0.613. The van der Waals surface area contributed by atoms with Gasteiger partial charge in [-0.05, 0) is 62.4 Å². The first kappa shape index (κ1) is 19.2. The van der Waals surface area contributed by atoms with Crippen LogP contribution in [0.1, 0.15) is 49.1 Å². The van der Waals surface area contributed by atoms with Gasteiger partial charge in [-0.15, -0.1) is 0 Å². The third-order valence-corrected chi connectivity index (χ3v) is 5.35. The van der Waals surface area contributed by atoms with Gasteiger partial charge in [0, 0.05) is 54.0 Å². The smallest absolute Gasteiger partial charge is 0.244 e. The Morgan fingerprint density at radius 1 is 1.24 bits per heavy atom. The Hall–Kier alpha value is -3.08. The lowest BCUT2D eigenvalue weighted by Gasteiger charge is -2.12. The van der Waals surface area contributed by atoms with Gasteiger partial charge < -0.3 is 14.5 Å². The Morgan fingerprint density at radius 3 is 2.83 bits per heavy atom. The molecule has 4 rings (SSSR count). The highest BCUT2D eigenvalue weighted by Gasteiger charge is 2.20. The number of pyridine rings is 1. The van der Waals surface area contributed by atoms with Crippen LogP contribution in [0.2, 0.25) is 0 Å². The lowest BCUT2D eigenvalue weighted by Crippen LogP contribution is -2.20. The van der Waals surface area contributed by atoms with E-state index in [1.807, 2.05) is 32.0 Å². The molecule has 1 N–H and O–H groups in total. The molecule has 1 aliphatic rings. The predicted molar refractivity (Wildman–Crippen MR) is 114 cm³/mol. The molecule has 29 heavy (non-hydrogen) atoms. The third kappa shape index (κ3) is 4.19. The van der Waals surface area contributed by atoms with Crippen LogP contribution in [0.25, 0.3) is 16.5 Å². The molecule has 2 heterocycles. The van der Waals surface area contributed by atoms with E-state index in [1.165, 1.54) is 18.4 Å². The van der Waals surface area contributed by atoms with E-state index in [4.69, 9.17) is 9.15 Å². The SMILES string of the molecule is CCOc1cc2oc3c(c2cc1/C(C)=C/C(=O)NCc1ccncc1)CCCC3. The molecule has 0 aliphatic heterocycles.